The number of anilines is 2. The van der Waals surface area contributed by atoms with Crippen molar-refractivity contribution in [1.29, 1.82) is 0 Å². The molecular formula is C27H22FN3O. The summed E-state index contributed by atoms with van der Waals surface area (Å²) in [6, 6.07) is 30.5. The summed E-state index contributed by atoms with van der Waals surface area (Å²) in [5.41, 5.74) is 3.22. The van der Waals surface area contributed by atoms with Gasteiger partial charge in [0.15, 0.2) is 0 Å². The minimum Gasteiger partial charge on any atom is -0.281 e. The zero-order chi connectivity index (χ0) is 22.1. The second-order valence-electron chi connectivity index (χ2n) is 7.93. The van der Waals surface area contributed by atoms with Crippen LogP contribution in [0.15, 0.2) is 103 Å². The predicted molar refractivity (Wildman–Crippen MR) is 124 cm³/mol. The number of carbonyl (C=O) groups is 1. The van der Waals surface area contributed by atoms with Crippen molar-refractivity contribution in [3.05, 3.63) is 126 Å². The number of carbonyl (C=O) groups excluding carboxylic acids is 1. The monoisotopic (exact) mass is 423 g/mol. The highest BCUT2D eigenvalue weighted by molar-refractivity contribution is 6.12. The molecule has 32 heavy (non-hydrogen) atoms. The van der Waals surface area contributed by atoms with E-state index in [4.69, 9.17) is 0 Å². The van der Waals surface area contributed by atoms with Crippen LogP contribution in [0.25, 0.3) is 0 Å². The third-order valence-electron chi connectivity index (χ3n) is 6.11. The van der Waals surface area contributed by atoms with Crippen LogP contribution in [-0.4, -0.2) is 17.9 Å². The maximum atomic E-state index is 14.4. The lowest BCUT2D eigenvalue weighted by Gasteiger charge is -2.34. The largest absolute Gasteiger partial charge is 0.281 e. The molecule has 158 valence electrons. The molecule has 3 aromatic carbocycles. The molecule has 0 aliphatic carbocycles. The van der Waals surface area contributed by atoms with Gasteiger partial charge in [0.05, 0.1) is 11.4 Å². The van der Waals surface area contributed by atoms with E-state index in [-0.39, 0.29) is 5.91 Å². The number of benzene rings is 3. The Morgan fingerprint density at radius 3 is 2.28 bits per heavy atom. The van der Waals surface area contributed by atoms with Crippen LogP contribution < -0.4 is 10.0 Å². The summed E-state index contributed by atoms with van der Waals surface area (Å²) in [5, 5.41) is 3.61. The number of nitrogens with zero attached hydrogens (tertiary/aromatic N) is 3. The molecule has 2 heterocycles. The number of hydrogen-bond acceptors (Lipinski definition) is 3. The zero-order valence-corrected chi connectivity index (χ0v) is 17.6. The minimum atomic E-state index is -0.991. The second kappa shape index (κ2) is 7.93. The summed E-state index contributed by atoms with van der Waals surface area (Å²) in [6.07, 6.45) is 1.77. The van der Waals surface area contributed by atoms with E-state index in [1.165, 1.54) is 12.3 Å². The highest BCUT2D eigenvalue weighted by Gasteiger charge is 2.53. The van der Waals surface area contributed by atoms with Crippen molar-refractivity contribution in [2.75, 3.05) is 17.1 Å². The van der Waals surface area contributed by atoms with Crippen molar-refractivity contribution < 1.29 is 9.18 Å². The van der Waals surface area contributed by atoms with Gasteiger partial charge in [-0.3, -0.25) is 9.80 Å². The lowest BCUT2D eigenvalue weighted by atomic mass is 9.71. The van der Waals surface area contributed by atoms with Crippen molar-refractivity contribution in [1.82, 2.24) is 4.98 Å². The van der Waals surface area contributed by atoms with Gasteiger partial charge in [0.1, 0.15) is 5.41 Å². The molecular weight excluding hydrogens is 401 g/mol. The first-order chi connectivity index (χ1) is 15.6. The molecule has 1 aliphatic rings. The van der Waals surface area contributed by atoms with E-state index in [1.54, 1.807) is 11.1 Å². The van der Waals surface area contributed by atoms with Crippen LogP contribution in [0.1, 0.15) is 16.7 Å². The van der Waals surface area contributed by atoms with Crippen LogP contribution in [-0.2, 0) is 16.6 Å². The Hall–Kier alpha value is -3.99. The first-order valence-electron chi connectivity index (χ1n) is 10.5. The Balaban J connectivity index is 1.72. The number of hydrazine groups is 1. The highest BCUT2D eigenvalue weighted by Crippen LogP contribution is 2.49. The summed E-state index contributed by atoms with van der Waals surface area (Å²) in [5.74, 6) is -0.629. The molecule has 1 atom stereocenters. The Morgan fingerprint density at radius 1 is 0.906 bits per heavy atom. The molecule has 0 bridgehead atoms. The molecule has 1 aromatic heterocycles. The summed E-state index contributed by atoms with van der Waals surface area (Å²) < 4.78 is 14.0. The van der Waals surface area contributed by atoms with Crippen molar-refractivity contribution in [2.45, 2.75) is 11.8 Å². The number of para-hydroxylation sites is 2. The Morgan fingerprint density at radius 2 is 1.56 bits per heavy atom. The van der Waals surface area contributed by atoms with E-state index in [0.717, 1.165) is 22.5 Å². The van der Waals surface area contributed by atoms with Crippen LogP contribution in [0.4, 0.5) is 15.8 Å². The number of hydrogen-bond donors (Lipinski definition) is 0. The first-order valence-corrected chi connectivity index (χ1v) is 10.5. The summed E-state index contributed by atoms with van der Waals surface area (Å²) in [4.78, 5) is 18.0. The van der Waals surface area contributed by atoms with Gasteiger partial charge in [-0.05, 0) is 53.4 Å². The van der Waals surface area contributed by atoms with Crippen molar-refractivity contribution in [3.63, 3.8) is 0 Å². The van der Waals surface area contributed by atoms with Crippen molar-refractivity contribution in [2.24, 2.45) is 0 Å². The minimum absolute atomic E-state index is 0.0755. The fourth-order valence-electron chi connectivity index (χ4n) is 4.61. The molecule has 0 fully saturated rings. The molecule has 0 spiro atoms. The maximum Gasteiger partial charge on any atom is 0.261 e. The van der Waals surface area contributed by atoms with Crippen molar-refractivity contribution >= 4 is 17.3 Å². The van der Waals surface area contributed by atoms with Gasteiger partial charge >= 0.3 is 0 Å². The lowest BCUT2D eigenvalue weighted by molar-refractivity contribution is -0.122. The molecule has 1 aliphatic heterocycles. The highest BCUT2D eigenvalue weighted by atomic mass is 19.1. The average molecular weight is 423 g/mol. The van der Waals surface area contributed by atoms with Crippen LogP contribution in [0, 0.1) is 5.95 Å². The molecule has 5 rings (SSSR count). The van der Waals surface area contributed by atoms with Crippen LogP contribution >= 0.6 is 0 Å². The number of rotatable bonds is 5. The van der Waals surface area contributed by atoms with Gasteiger partial charge in [-0.1, -0.05) is 66.7 Å². The SMILES string of the molecule is CN(c1ccccc1)N1C(=O)C(Cc2ccnc(F)c2)(c2ccccc2)c2ccccc21. The summed E-state index contributed by atoms with van der Waals surface area (Å²) in [6.45, 7) is 0. The number of fused-ring (bicyclic) bond motifs is 1. The van der Waals surface area contributed by atoms with Gasteiger partial charge in [-0.2, -0.15) is 4.39 Å². The van der Waals surface area contributed by atoms with Gasteiger partial charge in [-0.15, -0.1) is 0 Å². The predicted octanol–water partition coefficient (Wildman–Crippen LogP) is 5.15. The number of amides is 1. The van der Waals surface area contributed by atoms with E-state index >= 15 is 0 Å². The maximum absolute atomic E-state index is 14.4. The fourth-order valence-corrected chi connectivity index (χ4v) is 4.61. The van der Waals surface area contributed by atoms with Gasteiger partial charge in [0.2, 0.25) is 5.95 Å². The van der Waals surface area contributed by atoms with Gasteiger partial charge in [0, 0.05) is 13.2 Å². The Bertz CT molecular complexity index is 1260. The Labute approximate surface area is 186 Å². The molecule has 4 nitrogen and oxygen atoms in total. The molecule has 0 N–H and O–H groups in total. The number of pyridine rings is 1. The van der Waals surface area contributed by atoms with Gasteiger partial charge in [-0.25, -0.2) is 9.99 Å². The zero-order valence-electron chi connectivity index (χ0n) is 17.6. The lowest BCUT2D eigenvalue weighted by Crippen LogP contribution is -2.49. The summed E-state index contributed by atoms with van der Waals surface area (Å²) >= 11 is 0. The molecule has 1 unspecified atom stereocenters. The molecule has 0 radical (unpaired) electrons. The average Bonchev–Trinajstić information content (AvgIpc) is 3.08. The quantitative estimate of drug-likeness (QED) is 0.417. The topological polar surface area (TPSA) is 36.4 Å². The van der Waals surface area contributed by atoms with Crippen LogP contribution in [0.5, 0.6) is 0 Å². The Kier molecular flexibility index (Phi) is 4.94. The van der Waals surface area contributed by atoms with E-state index in [1.807, 2.05) is 97.0 Å². The number of halogens is 1. The number of aromatic nitrogens is 1. The van der Waals surface area contributed by atoms with Crippen molar-refractivity contribution in [3.8, 4) is 0 Å². The smallest absolute Gasteiger partial charge is 0.261 e. The molecule has 0 saturated heterocycles. The third kappa shape index (κ3) is 3.14. The molecule has 5 heteroatoms. The van der Waals surface area contributed by atoms with E-state index in [2.05, 4.69) is 4.98 Å². The molecule has 1 amide bonds. The van der Waals surface area contributed by atoms with E-state index in [0.29, 0.717) is 12.0 Å². The normalized spacial score (nSPS) is 17.3. The third-order valence-corrected chi connectivity index (χ3v) is 6.11. The van der Waals surface area contributed by atoms with Crippen LogP contribution in [0.3, 0.4) is 0 Å². The molecule has 4 aromatic rings. The van der Waals surface area contributed by atoms with E-state index in [9.17, 15) is 9.18 Å². The van der Waals surface area contributed by atoms with E-state index < -0.39 is 11.4 Å². The van der Waals surface area contributed by atoms with Crippen LogP contribution in [0.2, 0.25) is 0 Å². The summed E-state index contributed by atoms with van der Waals surface area (Å²) in [7, 11) is 1.89. The second-order valence-corrected chi connectivity index (χ2v) is 7.93. The standard InChI is InChI=1S/C27H22FN3O/c1-30(22-12-6-3-7-13-22)31-24-15-9-8-14-23(24)27(26(31)32,21-10-4-2-5-11-21)19-20-16-17-29-25(28)18-20/h2-18H,19H2,1H3. The van der Waals surface area contributed by atoms with Gasteiger partial charge in [0.25, 0.3) is 5.91 Å². The fraction of sp³-hybridized carbons (Fsp3) is 0.111. The first kappa shape index (κ1) is 19.9. The van der Waals surface area contributed by atoms with Gasteiger partial charge < -0.3 is 0 Å². The molecule has 0 saturated carbocycles.